The summed E-state index contributed by atoms with van der Waals surface area (Å²) in [5.74, 6) is 0.929. The minimum absolute atomic E-state index is 0.132. The third-order valence-electron chi connectivity index (χ3n) is 3.89. The van der Waals surface area contributed by atoms with Crippen molar-refractivity contribution in [3.05, 3.63) is 58.9 Å². The summed E-state index contributed by atoms with van der Waals surface area (Å²) in [6, 6.07) is 10.8. The van der Waals surface area contributed by atoms with Crippen LogP contribution in [0, 0.1) is 5.82 Å². The van der Waals surface area contributed by atoms with E-state index in [0.717, 1.165) is 18.6 Å². The Hall–Kier alpha value is -2.07. The lowest BCUT2D eigenvalue weighted by atomic mass is 10.1. The number of methoxy groups -OCH3 is 1. The van der Waals surface area contributed by atoms with Crippen molar-refractivity contribution < 1.29 is 13.9 Å². The molecule has 0 aromatic heterocycles. The van der Waals surface area contributed by atoms with Crippen molar-refractivity contribution in [2.45, 2.75) is 25.5 Å². The van der Waals surface area contributed by atoms with Gasteiger partial charge < -0.3 is 15.2 Å². The van der Waals surface area contributed by atoms with Gasteiger partial charge in [0, 0.05) is 17.7 Å². The van der Waals surface area contributed by atoms with Crippen molar-refractivity contribution >= 4 is 0 Å². The number of benzene rings is 2. The Balaban J connectivity index is 1.71. The van der Waals surface area contributed by atoms with Gasteiger partial charge in [-0.05, 0) is 48.2 Å². The van der Waals surface area contributed by atoms with E-state index in [1.54, 1.807) is 12.1 Å². The summed E-state index contributed by atoms with van der Waals surface area (Å²) < 4.78 is 24.5. The molecule has 1 aliphatic rings. The van der Waals surface area contributed by atoms with Crippen LogP contribution in [0.25, 0.3) is 0 Å². The molecule has 0 fully saturated rings. The van der Waals surface area contributed by atoms with Crippen LogP contribution in [-0.4, -0.2) is 7.11 Å². The van der Waals surface area contributed by atoms with Gasteiger partial charge in [0.25, 0.3) is 0 Å². The van der Waals surface area contributed by atoms with E-state index in [1.165, 1.54) is 24.3 Å². The molecule has 110 valence electrons. The lowest BCUT2D eigenvalue weighted by molar-refractivity contribution is 0.299. The number of hydrogen-bond donors (Lipinski definition) is 1. The molecule has 3 nitrogen and oxygen atoms in total. The van der Waals surface area contributed by atoms with Gasteiger partial charge in [-0.3, -0.25) is 0 Å². The van der Waals surface area contributed by atoms with E-state index in [2.05, 4.69) is 0 Å². The van der Waals surface area contributed by atoms with Crippen LogP contribution >= 0.6 is 0 Å². The number of hydrogen-bond acceptors (Lipinski definition) is 3. The lowest BCUT2D eigenvalue weighted by Crippen LogP contribution is -2.05. The van der Waals surface area contributed by atoms with Crippen LogP contribution in [-0.2, 0) is 13.0 Å². The number of fused-ring (bicyclic) bond motifs is 1. The molecular weight excluding hydrogens is 269 g/mol. The van der Waals surface area contributed by atoms with Gasteiger partial charge in [-0.2, -0.15) is 0 Å². The van der Waals surface area contributed by atoms with E-state index in [0.29, 0.717) is 11.3 Å². The van der Waals surface area contributed by atoms with Gasteiger partial charge in [-0.25, -0.2) is 4.39 Å². The molecule has 3 rings (SSSR count). The zero-order chi connectivity index (χ0) is 14.8. The second kappa shape index (κ2) is 5.74. The Bertz CT molecular complexity index is 657. The second-order valence-electron chi connectivity index (χ2n) is 5.25. The number of nitrogens with two attached hydrogens (primary N) is 1. The van der Waals surface area contributed by atoms with Gasteiger partial charge in [-0.1, -0.05) is 6.07 Å². The van der Waals surface area contributed by atoms with E-state index in [-0.39, 0.29) is 18.5 Å². The fraction of sp³-hybridized carbons (Fsp3) is 0.294. The molecule has 0 amide bonds. The van der Waals surface area contributed by atoms with Gasteiger partial charge in [-0.15, -0.1) is 0 Å². The smallest absolute Gasteiger partial charge is 0.133 e. The Kier molecular flexibility index (Phi) is 3.80. The van der Waals surface area contributed by atoms with E-state index in [4.69, 9.17) is 15.2 Å². The van der Waals surface area contributed by atoms with Gasteiger partial charge in [0.05, 0.1) is 7.11 Å². The maximum Gasteiger partial charge on any atom is 0.133 e. The second-order valence-corrected chi connectivity index (χ2v) is 5.25. The third-order valence-corrected chi connectivity index (χ3v) is 3.89. The van der Waals surface area contributed by atoms with Gasteiger partial charge in [0.2, 0.25) is 0 Å². The van der Waals surface area contributed by atoms with Crippen molar-refractivity contribution in [3.63, 3.8) is 0 Å². The minimum Gasteiger partial charge on any atom is -0.497 e. The summed E-state index contributed by atoms with van der Waals surface area (Å²) in [6.07, 6.45) is 1.95. The van der Waals surface area contributed by atoms with Crippen LogP contribution < -0.4 is 15.2 Å². The quantitative estimate of drug-likeness (QED) is 0.937. The predicted octanol–water partition coefficient (Wildman–Crippen LogP) is 3.36. The SMILES string of the molecule is COc1ccc(COc2ccc3c(c2)CCC3N)c(F)c1. The molecule has 1 atom stereocenters. The van der Waals surface area contributed by atoms with Crippen LogP contribution in [0.2, 0.25) is 0 Å². The molecule has 0 spiro atoms. The Labute approximate surface area is 123 Å². The molecule has 0 heterocycles. The van der Waals surface area contributed by atoms with Gasteiger partial charge in [0.1, 0.15) is 23.9 Å². The zero-order valence-corrected chi connectivity index (χ0v) is 11.9. The Morgan fingerprint density at radius 1 is 1.19 bits per heavy atom. The predicted molar refractivity (Wildman–Crippen MR) is 79.0 cm³/mol. The first-order valence-electron chi connectivity index (χ1n) is 7.01. The molecule has 2 aromatic carbocycles. The summed E-state index contributed by atoms with van der Waals surface area (Å²) in [5.41, 5.74) is 8.94. The minimum atomic E-state index is -0.322. The highest BCUT2D eigenvalue weighted by molar-refractivity contribution is 5.40. The lowest BCUT2D eigenvalue weighted by Gasteiger charge is -2.10. The molecule has 2 N–H and O–H groups in total. The first-order valence-corrected chi connectivity index (χ1v) is 7.01. The Morgan fingerprint density at radius 2 is 2.00 bits per heavy atom. The van der Waals surface area contributed by atoms with Crippen molar-refractivity contribution in [2.75, 3.05) is 7.11 Å². The van der Waals surface area contributed by atoms with Crippen molar-refractivity contribution in [1.29, 1.82) is 0 Å². The van der Waals surface area contributed by atoms with Crippen LogP contribution in [0.4, 0.5) is 4.39 Å². The summed E-state index contributed by atoms with van der Waals surface area (Å²) in [7, 11) is 1.51. The molecule has 4 heteroatoms. The van der Waals surface area contributed by atoms with Crippen LogP contribution in [0.3, 0.4) is 0 Å². The molecule has 1 aliphatic carbocycles. The number of aryl methyl sites for hydroxylation is 1. The fourth-order valence-electron chi connectivity index (χ4n) is 2.65. The van der Waals surface area contributed by atoms with Crippen molar-refractivity contribution in [1.82, 2.24) is 0 Å². The maximum absolute atomic E-state index is 13.8. The van der Waals surface area contributed by atoms with E-state index >= 15 is 0 Å². The number of halogens is 1. The summed E-state index contributed by atoms with van der Waals surface area (Å²) in [4.78, 5) is 0. The van der Waals surface area contributed by atoms with Crippen LogP contribution in [0.5, 0.6) is 11.5 Å². The molecule has 1 unspecified atom stereocenters. The highest BCUT2D eigenvalue weighted by Gasteiger charge is 2.19. The van der Waals surface area contributed by atoms with E-state index in [9.17, 15) is 4.39 Å². The molecule has 2 aromatic rings. The largest absolute Gasteiger partial charge is 0.497 e. The normalized spacial score (nSPS) is 16.6. The molecule has 0 saturated heterocycles. The summed E-state index contributed by atoms with van der Waals surface area (Å²) >= 11 is 0. The monoisotopic (exact) mass is 287 g/mol. The molecule has 0 saturated carbocycles. The van der Waals surface area contributed by atoms with E-state index in [1.807, 2.05) is 18.2 Å². The molecular formula is C17H18FNO2. The average molecular weight is 287 g/mol. The van der Waals surface area contributed by atoms with E-state index < -0.39 is 0 Å². The molecule has 0 bridgehead atoms. The highest BCUT2D eigenvalue weighted by atomic mass is 19.1. The first kappa shape index (κ1) is 13.9. The molecule has 0 radical (unpaired) electrons. The zero-order valence-electron chi connectivity index (χ0n) is 11.9. The molecule has 0 aliphatic heterocycles. The fourth-order valence-corrected chi connectivity index (χ4v) is 2.65. The summed E-state index contributed by atoms with van der Waals surface area (Å²) in [5, 5.41) is 0. The van der Waals surface area contributed by atoms with Crippen molar-refractivity contribution in [2.24, 2.45) is 5.73 Å². The highest BCUT2D eigenvalue weighted by Crippen LogP contribution is 2.32. The maximum atomic E-state index is 13.8. The first-order chi connectivity index (χ1) is 10.2. The standard InChI is InChI=1S/C17H18FNO2/c1-20-13-4-2-12(16(18)9-13)10-21-14-5-6-15-11(8-14)3-7-17(15)19/h2,4-6,8-9,17H,3,7,10,19H2,1H3. The number of ether oxygens (including phenoxy) is 2. The number of rotatable bonds is 4. The third kappa shape index (κ3) is 2.85. The van der Waals surface area contributed by atoms with Gasteiger partial charge >= 0.3 is 0 Å². The van der Waals surface area contributed by atoms with Gasteiger partial charge in [0.15, 0.2) is 0 Å². The topological polar surface area (TPSA) is 44.5 Å². The van der Waals surface area contributed by atoms with Crippen LogP contribution in [0.1, 0.15) is 29.2 Å². The van der Waals surface area contributed by atoms with Crippen LogP contribution in [0.15, 0.2) is 36.4 Å². The summed E-state index contributed by atoms with van der Waals surface area (Å²) in [6.45, 7) is 0.195. The van der Waals surface area contributed by atoms with Crippen molar-refractivity contribution in [3.8, 4) is 11.5 Å². The Morgan fingerprint density at radius 3 is 2.76 bits per heavy atom. The molecule has 21 heavy (non-hydrogen) atoms. The average Bonchev–Trinajstić information content (AvgIpc) is 2.87.